The highest BCUT2D eigenvalue weighted by Gasteiger charge is 2.36. The van der Waals surface area contributed by atoms with Crippen LogP contribution in [-0.4, -0.2) is 56.5 Å². The van der Waals surface area contributed by atoms with Gasteiger partial charge in [-0.25, -0.2) is 0 Å². The molecule has 1 aliphatic rings. The van der Waals surface area contributed by atoms with Gasteiger partial charge in [0.15, 0.2) is 5.58 Å². The highest BCUT2D eigenvalue weighted by molar-refractivity contribution is 5.98. The summed E-state index contributed by atoms with van der Waals surface area (Å²) in [6.07, 6.45) is 5.10. The third kappa shape index (κ3) is 3.51. The van der Waals surface area contributed by atoms with Crippen molar-refractivity contribution in [1.82, 2.24) is 24.9 Å². The number of piperidine rings is 1. The normalized spacial score (nSPS) is 18.8. The standard InChI is InChI=1S/C24H26N6O2/c1-16-10-11-18(21(15-16)30-25-12-13-26-30)23(31)29-14-6-8-20(17(29)2)28(3)24-27-19-7-4-5-9-22(19)32-24/h4-5,7,9-13,15,17,20H,6,8,14H2,1-3H3/t17-,20?/m0/s1. The number of aromatic nitrogens is 4. The fourth-order valence-corrected chi connectivity index (χ4v) is 4.56. The molecule has 164 valence electrons. The minimum absolute atomic E-state index is 0.0135. The van der Waals surface area contributed by atoms with Gasteiger partial charge in [0, 0.05) is 19.6 Å². The van der Waals surface area contributed by atoms with Crippen LogP contribution in [0.4, 0.5) is 6.01 Å². The van der Waals surface area contributed by atoms with Gasteiger partial charge in [-0.1, -0.05) is 18.2 Å². The molecule has 1 amide bonds. The van der Waals surface area contributed by atoms with Crippen molar-refractivity contribution in [1.29, 1.82) is 0 Å². The van der Waals surface area contributed by atoms with E-state index in [4.69, 9.17) is 4.42 Å². The molecule has 3 heterocycles. The molecular weight excluding hydrogens is 404 g/mol. The van der Waals surface area contributed by atoms with Crippen molar-refractivity contribution < 1.29 is 9.21 Å². The molecule has 4 aromatic rings. The number of carbonyl (C=O) groups is 1. The average molecular weight is 431 g/mol. The highest BCUT2D eigenvalue weighted by atomic mass is 16.4. The number of amides is 1. The fraction of sp³-hybridized carbons (Fsp3) is 0.333. The maximum absolute atomic E-state index is 13.7. The fourth-order valence-electron chi connectivity index (χ4n) is 4.56. The van der Waals surface area contributed by atoms with Crippen LogP contribution in [-0.2, 0) is 0 Å². The first-order valence-electron chi connectivity index (χ1n) is 10.9. The Hall–Kier alpha value is -3.68. The van der Waals surface area contributed by atoms with Crippen molar-refractivity contribution in [3.8, 4) is 5.69 Å². The van der Waals surface area contributed by atoms with Gasteiger partial charge in [0.05, 0.1) is 29.7 Å². The van der Waals surface area contributed by atoms with E-state index in [0.29, 0.717) is 23.8 Å². The Balaban J connectivity index is 1.43. The van der Waals surface area contributed by atoms with Gasteiger partial charge in [-0.2, -0.15) is 20.0 Å². The largest absolute Gasteiger partial charge is 0.423 e. The number of likely N-dealkylation sites (tertiary alicyclic amines) is 1. The van der Waals surface area contributed by atoms with Crippen LogP contribution in [0.1, 0.15) is 35.7 Å². The van der Waals surface area contributed by atoms with Crippen LogP contribution < -0.4 is 4.90 Å². The van der Waals surface area contributed by atoms with Gasteiger partial charge in [-0.15, -0.1) is 0 Å². The summed E-state index contributed by atoms with van der Waals surface area (Å²) >= 11 is 0. The first kappa shape index (κ1) is 20.2. The second kappa shape index (κ2) is 8.11. The number of oxazole rings is 1. The molecule has 1 fully saturated rings. The Bertz CT molecular complexity index is 1220. The summed E-state index contributed by atoms with van der Waals surface area (Å²) in [6.45, 7) is 4.80. The van der Waals surface area contributed by atoms with Gasteiger partial charge < -0.3 is 14.2 Å². The Morgan fingerprint density at radius 3 is 2.72 bits per heavy atom. The van der Waals surface area contributed by atoms with Crippen LogP contribution in [0.5, 0.6) is 0 Å². The summed E-state index contributed by atoms with van der Waals surface area (Å²) in [5, 5.41) is 8.49. The van der Waals surface area contributed by atoms with Gasteiger partial charge in [-0.3, -0.25) is 4.79 Å². The maximum Gasteiger partial charge on any atom is 0.298 e. The third-order valence-electron chi connectivity index (χ3n) is 6.31. The first-order chi connectivity index (χ1) is 15.5. The van der Waals surface area contributed by atoms with Gasteiger partial charge in [0.25, 0.3) is 11.9 Å². The zero-order valence-electron chi connectivity index (χ0n) is 18.5. The molecule has 8 heteroatoms. The van der Waals surface area contributed by atoms with Gasteiger partial charge >= 0.3 is 0 Å². The van der Waals surface area contributed by atoms with Crippen LogP contribution in [0.3, 0.4) is 0 Å². The van der Waals surface area contributed by atoms with E-state index in [1.807, 2.05) is 61.3 Å². The number of fused-ring (bicyclic) bond motifs is 1. The van der Waals surface area contributed by atoms with E-state index >= 15 is 0 Å². The number of anilines is 1. The van der Waals surface area contributed by atoms with E-state index in [0.717, 1.165) is 29.5 Å². The van der Waals surface area contributed by atoms with Gasteiger partial charge in [-0.05, 0) is 56.5 Å². The lowest BCUT2D eigenvalue weighted by Crippen LogP contribution is -2.55. The van der Waals surface area contributed by atoms with Crippen LogP contribution >= 0.6 is 0 Å². The van der Waals surface area contributed by atoms with E-state index in [1.165, 1.54) is 4.80 Å². The lowest BCUT2D eigenvalue weighted by atomic mass is 9.95. The van der Waals surface area contributed by atoms with Crippen LogP contribution in [0.25, 0.3) is 16.8 Å². The Labute approximate surface area is 186 Å². The molecule has 1 saturated heterocycles. The summed E-state index contributed by atoms with van der Waals surface area (Å²) in [6, 6.07) is 14.2. The number of nitrogens with zero attached hydrogens (tertiary/aromatic N) is 6. The molecule has 8 nitrogen and oxygen atoms in total. The molecule has 2 aromatic carbocycles. The van der Waals surface area contributed by atoms with E-state index in [1.54, 1.807) is 12.4 Å². The molecule has 0 radical (unpaired) electrons. The van der Waals surface area contributed by atoms with Gasteiger partial charge in [0.2, 0.25) is 0 Å². The zero-order chi connectivity index (χ0) is 22.2. The quantitative estimate of drug-likeness (QED) is 0.489. The van der Waals surface area contributed by atoms with Crippen molar-refractivity contribution in [2.45, 2.75) is 38.8 Å². The van der Waals surface area contributed by atoms with E-state index in [9.17, 15) is 4.79 Å². The number of aryl methyl sites for hydroxylation is 1. The topological polar surface area (TPSA) is 80.3 Å². The first-order valence-corrected chi connectivity index (χ1v) is 10.9. The van der Waals surface area contributed by atoms with Gasteiger partial charge in [0.1, 0.15) is 5.52 Å². The summed E-state index contributed by atoms with van der Waals surface area (Å²) in [5.41, 5.74) is 3.95. The second-order valence-corrected chi connectivity index (χ2v) is 8.36. The molecule has 0 aliphatic carbocycles. The monoisotopic (exact) mass is 430 g/mol. The molecule has 0 bridgehead atoms. The third-order valence-corrected chi connectivity index (χ3v) is 6.31. The maximum atomic E-state index is 13.7. The summed E-state index contributed by atoms with van der Waals surface area (Å²) in [4.78, 5) is 23.9. The summed E-state index contributed by atoms with van der Waals surface area (Å²) < 4.78 is 5.98. The molecular formula is C24H26N6O2. The molecule has 2 aromatic heterocycles. The van der Waals surface area contributed by atoms with Crippen molar-refractivity contribution in [3.63, 3.8) is 0 Å². The van der Waals surface area contributed by atoms with E-state index in [-0.39, 0.29) is 18.0 Å². The molecule has 2 atom stereocenters. The number of benzene rings is 2. The predicted molar refractivity (Wildman–Crippen MR) is 122 cm³/mol. The number of para-hydroxylation sites is 2. The Kier molecular flexibility index (Phi) is 5.13. The smallest absolute Gasteiger partial charge is 0.298 e. The van der Waals surface area contributed by atoms with Crippen LogP contribution in [0.15, 0.2) is 59.3 Å². The SMILES string of the molecule is Cc1ccc(C(=O)N2CCCC(N(C)c3nc4ccccc4o3)[C@@H]2C)c(-n2nccn2)c1. The average Bonchev–Trinajstić information content (AvgIpc) is 3.48. The lowest BCUT2D eigenvalue weighted by Gasteiger charge is -2.43. The highest BCUT2D eigenvalue weighted by Crippen LogP contribution is 2.29. The van der Waals surface area contributed by atoms with E-state index in [2.05, 4.69) is 27.0 Å². The number of likely N-dealkylation sites (N-methyl/N-ethyl adjacent to an activating group) is 1. The Morgan fingerprint density at radius 2 is 1.94 bits per heavy atom. The molecule has 32 heavy (non-hydrogen) atoms. The van der Waals surface area contributed by atoms with Crippen LogP contribution in [0, 0.1) is 6.92 Å². The molecule has 5 rings (SSSR count). The number of rotatable bonds is 4. The predicted octanol–water partition coefficient (Wildman–Crippen LogP) is 3.85. The molecule has 1 unspecified atom stereocenters. The second-order valence-electron chi connectivity index (χ2n) is 8.36. The zero-order valence-corrected chi connectivity index (χ0v) is 18.5. The molecule has 0 N–H and O–H groups in total. The van der Waals surface area contributed by atoms with E-state index < -0.39 is 0 Å². The van der Waals surface area contributed by atoms with Crippen LogP contribution in [0.2, 0.25) is 0 Å². The van der Waals surface area contributed by atoms with Crippen molar-refractivity contribution in [3.05, 3.63) is 66.0 Å². The number of carbonyl (C=O) groups excluding carboxylic acids is 1. The summed E-state index contributed by atoms with van der Waals surface area (Å²) in [7, 11) is 1.99. The number of hydrogen-bond acceptors (Lipinski definition) is 6. The summed E-state index contributed by atoms with van der Waals surface area (Å²) in [5.74, 6) is -0.0135. The van der Waals surface area contributed by atoms with Crippen molar-refractivity contribution in [2.75, 3.05) is 18.5 Å². The Morgan fingerprint density at radius 1 is 1.16 bits per heavy atom. The number of hydrogen-bond donors (Lipinski definition) is 0. The minimum Gasteiger partial charge on any atom is -0.423 e. The lowest BCUT2D eigenvalue weighted by molar-refractivity contribution is 0.0599. The molecule has 0 saturated carbocycles. The molecule has 1 aliphatic heterocycles. The molecule has 0 spiro atoms. The van der Waals surface area contributed by atoms with Crippen molar-refractivity contribution in [2.24, 2.45) is 0 Å². The van der Waals surface area contributed by atoms with Crippen molar-refractivity contribution >= 4 is 23.0 Å². The minimum atomic E-state index is -0.0176.